The van der Waals surface area contributed by atoms with Crippen LogP contribution in [-0.2, 0) is 22.6 Å². The summed E-state index contributed by atoms with van der Waals surface area (Å²) in [7, 11) is 0. The van der Waals surface area contributed by atoms with Crippen molar-refractivity contribution < 1.29 is 9.59 Å². The monoisotopic (exact) mass is 365 g/mol. The highest BCUT2D eigenvalue weighted by molar-refractivity contribution is 5.89. The van der Waals surface area contributed by atoms with E-state index in [2.05, 4.69) is 17.4 Å². The van der Waals surface area contributed by atoms with Crippen molar-refractivity contribution in [2.75, 3.05) is 26.2 Å². The van der Waals surface area contributed by atoms with Gasteiger partial charge in [-0.05, 0) is 17.5 Å². The fourth-order valence-corrected chi connectivity index (χ4v) is 3.53. The van der Waals surface area contributed by atoms with Crippen molar-refractivity contribution in [2.45, 2.75) is 39.3 Å². The zero-order valence-electron chi connectivity index (χ0n) is 15.0. The number of carbonyl (C=O) groups excluding carboxylic acids is 2. The number of nitrogens with one attached hydrogen (secondary N) is 1. The average Bonchev–Trinajstić information content (AvgIpc) is 2.65. The highest BCUT2D eigenvalue weighted by Gasteiger charge is 2.38. The van der Waals surface area contributed by atoms with Gasteiger partial charge in [0.15, 0.2) is 0 Å². The lowest BCUT2D eigenvalue weighted by molar-refractivity contribution is -0.149. The summed E-state index contributed by atoms with van der Waals surface area (Å²) >= 11 is 0. The summed E-state index contributed by atoms with van der Waals surface area (Å²) in [5, 5.41) is 3.28. The van der Waals surface area contributed by atoms with E-state index in [4.69, 9.17) is 0 Å². The van der Waals surface area contributed by atoms with Crippen LogP contribution >= 0.6 is 12.4 Å². The molecule has 6 heteroatoms. The molecule has 0 spiro atoms. The maximum Gasteiger partial charge on any atom is 0.245 e. The van der Waals surface area contributed by atoms with E-state index in [-0.39, 0.29) is 36.2 Å². The van der Waals surface area contributed by atoms with Crippen molar-refractivity contribution in [1.29, 1.82) is 0 Å². The molecular formula is C19H28ClN3O2. The van der Waals surface area contributed by atoms with Crippen molar-refractivity contribution >= 4 is 24.2 Å². The van der Waals surface area contributed by atoms with E-state index in [1.54, 1.807) is 0 Å². The molecule has 2 atom stereocenters. The molecule has 25 heavy (non-hydrogen) atoms. The molecule has 2 aliphatic heterocycles. The number of carbonyl (C=O) groups is 2. The number of hydrogen-bond donors (Lipinski definition) is 1. The summed E-state index contributed by atoms with van der Waals surface area (Å²) in [6, 6.07) is 7.80. The molecule has 3 rings (SSSR count). The Balaban J connectivity index is 0.00000225. The van der Waals surface area contributed by atoms with Gasteiger partial charge in [0, 0.05) is 45.1 Å². The number of fused-ring (bicyclic) bond motifs is 1. The number of rotatable bonds is 3. The Kier molecular flexibility index (Phi) is 6.85. The molecule has 1 fully saturated rings. The SMILES string of the molecule is CCC(C)C(=O)N1Cc2ccccc2CC1C(=O)N1CCNCC1.Cl. The van der Waals surface area contributed by atoms with Gasteiger partial charge in [-0.3, -0.25) is 9.59 Å². The maximum atomic E-state index is 13.1. The molecule has 0 aromatic heterocycles. The van der Waals surface area contributed by atoms with Gasteiger partial charge < -0.3 is 15.1 Å². The van der Waals surface area contributed by atoms with Crippen LogP contribution in [0.3, 0.4) is 0 Å². The summed E-state index contributed by atoms with van der Waals surface area (Å²) in [5.41, 5.74) is 2.36. The van der Waals surface area contributed by atoms with Crippen LogP contribution in [0.15, 0.2) is 24.3 Å². The van der Waals surface area contributed by atoms with E-state index in [1.807, 2.05) is 35.8 Å². The second-order valence-electron chi connectivity index (χ2n) is 6.84. The zero-order chi connectivity index (χ0) is 17.1. The van der Waals surface area contributed by atoms with Crippen molar-refractivity contribution in [3.8, 4) is 0 Å². The van der Waals surface area contributed by atoms with Gasteiger partial charge in [-0.1, -0.05) is 38.1 Å². The number of halogens is 1. The molecule has 2 heterocycles. The second kappa shape index (κ2) is 8.68. The molecular weight excluding hydrogens is 338 g/mol. The van der Waals surface area contributed by atoms with E-state index in [0.29, 0.717) is 13.0 Å². The van der Waals surface area contributed by atoms with Gasteiger partial charge in [-0.25, -0.2) is 0 Å². The standard InChI is InChI=1S/C19H27N3O2.ClH/c1-3-14(2)18(23)22-13-16-7-5-4-6-15(16)12-17(22)19(24)21-10-8-20-9-11-21;/h4-7,14,17,20H,3,8-13H2,1-2H3;1H. The molecule has 2 amide bonds. The molecule has 1 N–H and O–H groups in total. The highest BCUT2D eigenvalue weighted by Crippen LogP contribution is 2.26. The number of benzene rings is 1. The first-order chi connectivity index (χ1) is 11.6. The molecule has 2 aliphatic rings. The predicted octanol–water partition coefficient (Wildman–Crippen LogP) is 1.84. The van der Waals surface area contributed by atoms with Gasteiger partial charge in [0.25, 0.3) is 0 Å². The minimum Gasteiger partial charge on any atom is -0.338 e. The van der Waals surface area contributed by atoms with Gasteiger partial charge in [0.2, 0.25) is 11.8 Å². The van der Waals surface area contributed by atoms with E-state index < -0.39 is 0 Å². The largest absolute Gasteiger partial charge is 0.338 e. The Morgan fingerprint density at radius 3 is 2.48 bits per heavy atom. The van der Waals surface area contributed by atoms with Gasteiger partial charge in [0.05, 0.1) is 0 Å². The molecule has 138 valence electrons. The molecule has 1 saturated heterocycles. The highest BCUT2D eigenvalue weighted by atomic mass is 35.5. The summed E-state index contributed by atoms with van der Waals surface area (Å²) in [6.07, 6.45) is 1.42. The van der Waals surface area contributed by atoms with Crippen LogP contribution in [0.25, 0.3) is 0 Å². The predicted molar refractivity (Wildman–Crippen MR) is 101 cm³/mol. The minimum atomic E-state index is -0.362. The van der Waals surface area contributed by atoms with Crippen LogP contribution in [0.1, 0.15) is 31.4 Å². The third-order valence-corrected chi connectivity index (χ3v) is 5.28. The van der Waals surface area contributed by atoms with Gasteiger partial charge in [-0.2, -0.15) is 0 Å². The van der Waals surface area contributed by atoms with E-state index >= 15 is 0 Å². The van der Waals surface area contributed by atoms with Crippen LogP contribution in [0.4, 0.5) is 0 Å². The fraction of sp³-hybridized carbons (Fsp3) is 0.579. The van der Waals surface area contributed by atoms with Crippen LogP contribution in [0.5, 0.6) is 0 Å². The fourth-order valence-electron chi connectivity index (χ4n) is 3.53. The Labute approximate surface area is 156 Å². The zero-order valence-corrected chi connectivity index (χ0v) is 15.8. The number of nitrogens with zero attached hydrogens (tertiary/aromatic N) is 2. The first-order valence-corrected chi connectivity index (χ1v) is 8.98. The Hall–Kier alpha value is -1.59. The number of hydrogen-bond acceptors (Lipinski definition) is 3. The second-order valence-corrected chi connectivity index (χ2v) is 6.84. The smallest absolute Gasteiger partial charge is 0.245 e. The lowest BCUT2D eigenvalue weighted by Crippen LogP contribution is -2.57. The third kappa shape index (κ3) is 4.15. The lowest BCUT2D eigenvalue weighted by atomic mass is 9.91. The Bertz CT molecular complexity index is 616. The summed E-state index contributed by atoms with van der Waals surface area (Å²) in [5.74, 6) is 0.150. The van der Waals surface area contributed by atoms with Crippen LogP contribution in [0.2, 0.25) is 0 Å². The maximum absolute atomic E-state index is 13.1. The molecule has 1 aromatic rings. The Morgan fingerprint density at radius 2 is 1.84 bits per heavy atom. The number of piperazine rings is 1. The van der Waals surface area contributed by atoms with Crippen molar-refractivity contribution in [3.05, 3.63) is 35.4 Å². The lowest BCUT2D eigenvalue weighted by Gasteiger charge is -2.40. The Morgan fingerprint density at radius 1 is 1.20 bits per heavy atom. The van der Waals surface area contributed by atoms with Crippen molar-refractivity contribution in [1.82, 2.24) is 15.1 Å². The first kappa shape index (κ1) is 19.7. The van der Waals surface area contributed by atoms with Crippen LogP contribution in [0, 0.1) is 5.92 Å². The van der Waals surface area contributed by atoms with Crippen molar-refractivity contribution in [3.63, 3.8) is 0 Å². The molecule has 0 aliphatic carbocycles. The topological polar surface area (TPSA) is 52.7 Å². The molecule has 0 bridgehead atoms. The van der Waals surface area contributed by atoms with E-state index in [9.17, 15) is 9.59 Å². The van der Waals surface area contributed by atoms with Gasteiger partial charge >= 0.3 is 0 Å². The molecule has 0 radical (unpaired) electrons. The van der Waals surface area contributed by atoms with Crippen LogP contribution in [-0.4, -0.2) is 53.8 Å². The average molecular weight is 366 g/mol. The summed E-state index contributed by atoms with van der Waals surface area (Å²) in [6.45, 7) is 7.62. The van der Waals surface area contributed by atoms with Crippen LogP contribution < -0.4 is 5.32 Å². The molecule has 2 unspecified atom stereocenters. The quantitative estimate of drug-likeness (QED) is 0.889. The third-order valence-electron chi connectivity index (χ3n) is 5.28. The van der Waals surface area contributed by atoms with Crippen molar-refractivity contribution in [2.24, 2.45) is 5.92 Å². The normalized spacial score (nSPS) is 21.1. The van der Waals surface area contributed by atoms with E-state index in [1.165, 1.54) is 11.1 Å². The molecule has 1 aromatic carbocycles. The molecule has 0 saturated carbocycles. The number of amides is 2. The van der Waals surface area contributed by atoms with Gasteiger partial charge in [0.1, 0.15) is 6.04 Å². The first-order valence-electron chi connectivity index (χ1n) is 8.98. The van der Waals surface area contributed by atoms with E-state index in [0.717, 1.165) is 32.6 Å². The van der Waals surface area contributed by atoms with Gasteiger partial charge in [-0.15, -0.1) is 12.4 Å². The summed E-state index contributed by atoms with van der Waals surface area (Å²) in [4.78, 5) is 29.7. The molecule has 5 nitrogen and oxygen atoms in total. The minimum absolute atomic E-state index is 0. The summed E-state index contributed by atoms with van der Waals surface area (Å²) < 4.78 is 0.